The fourth-order valence-corrected chi connectivity index (χ4v) is 3.15. The van der Waals surface area contributed by atoms with Gasteiger partial charge in [0, 0.05) is 31.1 Å². The van der Waals surface area contributed by atoms with Gasteiger partial charge in [-0.25, -0.2) is 14.8 Å². The van der Waals surface area contributed by atoms with E-state index in [2.05, 4.69) is 20.6 Å². The summed E-state index contributed by atoms with van der Waals surface area (Å²) in [7, 11) is 0. The van der Waals surface area contributed by atoms with Crippen molar-refractivity contribution in [2.75, 3.05) is 19.6 Å². The van der Waals surface area contributed by atoms with E-state index in [1.165, 1.54) is 0 Å². The summed E-state index contributed by atoms with van der Waals surface area (Å²) in [5.74, 6) is 0.455. The highest BCUT2D eigenvalue weighted by Gasteiger charge is 2.35. The molecule has 0 unspecified atom stereocenters. The number of halogens is 3. The topological polar surface area (TPSA) is 78.9 Å². The molecule has 1 aromatic rings. The third-order valence-corrected chi connectivity index (χ3v) is 4.65. The second-order valence-electron chi connectivity index (χ2n) is 7.65. The number of nitrogens with zero attached hydrogens (tertiary/aromatic N) is 3. The van der Waals surface area contributed by atoms with Crippen LogP contribution in [0.25, 0.3) is 0 Å². The van der Waals surface area contributed by atoms with Crippen LogP contribution in [0.4, 0.5) is 18.0 Å². The van der Waals surface area contributed by atoms with Gasteiger partial charge in [-0.2, -0.15) is 13.2 Å². The molecule has 1 aliphatic rings. The minimum absolute atomic E-state index is 0.0362. The van der Waals surface area contributed by atoms with Gasteiger partial charge in [-0.3, -0.25) is 0 Å². The average molecular weight is 436 g/mol. The highest BCUT2D eigenvalue weighted by Crippen LogP contribution is 2.30. The van der Waals surface area contributed by atoms with Gasteiger partial charge in [-0.05, 0) is 40.5 Å². The van der Waals surface area contributed by atoms with Crippen molar-refractivity contribution in [2.45, 2.75) is 64.9 Å². The monoisotopic (exact) mass is 435 g/mol. The number of hydrogen-bond acceptors (Lipinski definition) is 5. The number of thiazole rings is 1. The van der Waals surface area contributed by atoms with Crippen LogP contribution >= 0.6 is 11.3 Å². The van der Waals surface area contributed by atoms with Crippen LogP contribution in [-0.2, 0) is 17.5 Å². The van der Waals surface area contributed by atoms with Crippen molar-refractivity contribution in [3.63, 3.8) is 0 Å². The average Bonchev–Trinajstić information content (AvgIpc) is 3.29. The van der Waals surface area contributed by atoms with Crippen molar-refractivity contribution in [2.24, 2.45) is 4.99 Å². The largest absolute Gasteiger partial charge is 0.444 e. The van der Waals surface area contributed by atoms with E-state index in [9.17, 15) is 18.0 Å². The molecule has 0 saturated heterocycles. The van der Waals surface area contributed by atoms with Crippen LogP contribution in [0.3, 0.4) is 0 Å². The Hall–Kier alpha value is -2.04. The van der Waals surface area contributed by atoms with Crippen LogP contribution in [-0.4, -0.2) is 53.2 Å². The molecule has 7 nitrogen and oxygen atoms in total. The Morgan fingerprint density at radius 1 is 1.34 bits per heavy atom. The maximum absolute atomic E-state index is 12.6. The van der Waals surface area contributed by atoms with Gasteiger partial charge in [-0.15, -0.1) is 11.3 Å². The Morgan fingerprint density at radius 3 is 2.55 bits per heavy atom. The highest BCUT2D eigenvalue weighted by atomic mass is 32.1. The SMILES string of the molecule is CCNC(=NCc1nc(C(F)(F)F)cs1)NCCN(C(=O)OC(C)(C)C)C1CC1. The van der Waals surface area contributed by atoms with Crippen molar-refractivity contribution in [1.82, 2.24) is 20.5 Å². The third kappa shape index (κ3) is 8.08. The third-order valence-electron chi connectivity index (χ3n) is 3.82. The summed E-state index contributed by atoms with van der Waals surface area (Å²) in [6.45, 7) is 8.88. The van der Waals surface area contributed by atoms with Gasteiger partial charge in [0.15, 0.2) is 11.7 Å². The Kier molecular flexibility index (Phi) is 7.73. The number of guanidine groups is 1. The molecule has 1 aliphatic carbocycles. The van der Waals surface area contributed by atoms with Crippen molar-refractivity contribution >= 4 is 23.4 Å². The number of aromatic nitrogens is 1. The summed E-state index contributed by atoms with van der Waals surface area (Å²) < 4.78 is 43.4. The lowest BCUT2D eigenvalue weighted by molar-refractivity contribution is -0.140. The van der Waals surface area contributed by atoms with Gasteiger partial charge in [-0.1, -0.05) is 0 Å². The van der Waals surface area contributed by atoms with E-state index in [4.69, 9.17) is 4.74 Å². The highest BCUT2D eigenvalue weighted by molar-refractivity contribution is 7.09. The molecule has 1 saturated carbocycles. The predicted molar refractivity (Wildman–Crippen MR) is 106 cm³/mol. The quantitative estimate of drug-likeness (QED) is 0.505. The Labute approximate surface area is 172 Å². The number of nitrogens with one attached hydrogen (secondary N) is 2. The standard InChI is InChI=1S/C18H28F3N5O2S/c1-5-22-15(24-10-14-25-13(11-29-14)18(19,20)21)23-8-9-26(12-6-7-12)16(27)28-17(2,3)4/h11-12H,5-10H2,1-4H3,(H2,22,23,24). The van der Waals surface area contributed by atoms with Crippen molar-refractivity contribution in [3.05, 3.63) is 16.1 Å². The zero-order valence-electron chi connectivity index (χ0n) is 17.1. The second-order valence-corrected chi connectivity index (χ2v) is 8.59. The van der Waals surface area contributed by atoms with E-state index < -0.39 is 17.5 Å². The summed E-state index contributed by atoms with van der Waals surface area (Å²) >= 11 is 0.923. The molecule has 1 aromatic heterocycles. The van der Waals surface area contributed by atoms with Gasteiger partial charge in [0.25, 0.3) is 0 Å². The molecule has 0 aliphatic heterocycles. The number of hydrogen-bond donors (Lipinski definition) is 2. The van der Waals surface area contributed by atoms with Crippen molar-refractivity contribution < 1.29 is 22.7 Å². The van der Waals surface area contributed by atoms with Gasteiger partial charge >= 0.3 is 12.3 Å². The molecule has 0 aromatic carbocycles. The molecule has 0 radical (unpaired) electrons. The second kappa shape index (κ2) is 9.64. The molecule has 1 amide bonds. The van der Waals surface area contributed by atoms with E-state index in [-0.39, 0.29) is 23.7 Å². The van der Waals surface area contributed by atoms with Gasteiger partial charge in [0.2, 0.25) is 0 Å². The van der Waals surface area contributed by atoms with Gasteiger partial charge in [0.1, 0.15) is 10.6 Å². The molecule has 2 N–H and O–H groups in total. The van der Waals surface area contributed by atoms with Crippen LogP contribution < -0.4 is 10.6 Å². The molecule has 2 rings (SSSR count). The van der Waals surface area contributed by atoms with Crippen molar-refractivity contribution in [1.29, 1.82) is 0 Å². The maximum Gasteiger partial charge on any atom is 0.434 e. The number of alkyl halides is 3. The number of amides is 1. The zero-order valence-corrected chi connectivity index (χ0v) is 17.9. The molecule has 164 valence electrons. The first kappa shape index (κ1) is 23.2. The molecule has 29 heavy (non-hydrogen) atoms. The maximum atomic E-state index is 12.6. The minimum Gasteiger partial charge on any atom is -0.444 e. The number of carbonyl (C=O) groups is 1. The predicted octanol–water partition coefficient (Wildman–Crippen LogP) is 3.62. The van der Waals surface area contributed by atoms with E-state index in [1.54, 1.807) is 4.90 Å². The smallest absolute Gasteiger partial charge is 0.434 e. The first-order valence-electron chi connectivity index (χ1n) is 9.53. The van der Waals surface area contributed by atoms with Crippen LogP contribution in [0.15, 0.2) is 10.4 Å². The molecular weight excluding hydrogens is 407 g/mol. The summed E-state index contributed by atoms with van der Waals surface area (Å²) in [5, 5.41) is 7.40. The van der Waals surface area contributed by atoms with E-state index in [0.717, 1.165) is 29.6 Å². The number of aliphatic imine (C=N–C) groups is 1. The van der Waals surface area contributed by atoms with Crippen LogP contribution in [0.1, 0.15) is 51.2 Å². The number of rotatable bonds is 7. The van der Waals surface area contributed by atoms with E-state index in [1.807, 2.05) is 27.7 Å². The van der Waals surface area contributed by atoms with E-state index in [0.29, 0.717) is 25.6 Å². The normalized spacial score (nSPS) is 15.2. The number of ether oxygens (including phenoxy) is 1. The summed E-state index contributed by atoms with van der Waals surface area (Å²) in [6, 6.07) is 0.197. The van der Waals surface area contributed by atoms with Crippen LogP contribution in [0, 0.1) is 0 Å². The molecule has 0 spiro atoms. The molecule has 0 bridgehead atoms. The first-order valence-corrected chi connectivity index (χ1v) is 10.4. The van der Waals surface area contributed by atoms with Gasteiger partial charge in [0.05, 0.1) is 6.54 Å². The minimum atomic E-state index is -4.45. The molecular formula is C18H28F3N5O2S. The summed E-state index contributed by atoms with van der Waals surface area (Å²) in [4.78, 5) is 21.9. The fraction of sp³-hybridized carbons (Fsp3) is 0.722. The summed E-state index contributed by atoms with van der Waals surface area (Å²) in [5.41, 5.74) is -1.46. The molecule has 11 heteroatoms. The van der Waals surface area contributed by atoms with Gasteiger partial charge < -0.3 is 20.3 Å². The zero-order chi connectivity index (χ0) is 21.7. The lowest BCUT2D eigenvalue weighted by Crippen LogP contribution is -2.45. The van der Waals surface area contributed by atoms with Crippen LogP contribution in [0.5, 0.6) is 0 Å². The van der Waals surface area contributed by atoms with E-state index >= 15 is 0 Å². The molecule has 0 atom stereocenters. The molecule has 1 fully saturated rings. The fourth-order valence-electron chi connectivity index (χ4n) is 2.43. The Bertz CT molecular complexity index is 711. The summed E-state index contributed by atoms with van der Waals surface area (Å²) in [6.07, 6.45) is -2.88. The lowest BCUT2D eigenvalue weighted by Gasteiger charge is -2.27. The van der Waals surface area contributed by atoms with Crippen molar-refractivity contribution in [3.8, 4) is 0 Å². The molecule has 1 heterocycles. The Morgan fingerprint density at radius 2 is 2.03 bits per heavy atom. The number of carbonyl (C=O) groups excluding carboxylic acids is 1. The first-order chi connectivity index (χ1) is 13.5. The Balaban J connectivity index is 1.89. The lowest BCUT2D eigenvalue weighted by atomic mass is 10.2. The van der Waals surface area contributed by atoms with Crippen LogP contribution in [0.2, 0.25) is 0 Å².